The number of nitrogens with zero attached hydrogens (tertiary/aromatic N) is 1. The van der Waals surface area contributed by atoms with Crippen LogP contribution in [0.25, 0.3) is 0 Å². The highest BCUT2D eigenvalue weighted by molar-refractivity contribution is 9.13. The van der Waals surface area contributed by atoms with Crippen LogP contribution in [-0.2, 0) is 4.74 Å². The van der Waals surface area contributed by atoms with Gasteiger partial charge in [-0.25, -0.2) is 18.6 Å². The maximum absolute atomic E-state index is 12.5. The van der Waals surface area contributed by atoms with Crippen LogP contribution in [0.3, 0.4) is 0 Å². The van der Waals surface area contributed by atoms with Crippen molar-refractivity contribution in [1.29, 1.82) is 0 Å². The SMILES string of the molecule is CCOC(=O)c1ncc(C(F)F)c(Br)c1Br. The molecule has 0 amide bonds. The minimum atomic E-state index is -2.66. The molecular formula is C9H7Br2F2NO2. The van der Waals surface area contributed by atoms with Crippen molar-refractivity contribution in [2.45, 2.75) is 13.3 Å². The number of aromatic nitrogens is 1. The van der Waals surface area contributed by atoms with E-state index in [0.29, 0.717) is 0 Å². The highest BCUT2D eigenvalue weighted by atomic mass is 79.9. The Balaban J connectivity index is 3.16. The maximum atomic E-state index is 12.5. The van der Waals surface area contributed by atoms with Crippen LogP contribution in [0, 0.1) is 0 Å². The zero-order valence-electron chi connectivity index (χ0n) is 8.14. The van der Waals surface area contributed by atoms with Gasteiger partial charge in [0.15, 0.2) is 5.69 Å². The summed E-state index contributed by atoms with van der Waals surface area (Å²) in [7, 11) is 0. The Morgan fingerprint density at radius 3 is 2.62 bits per heavy atom. The number of carbonyl (C=O) groups excluding carboxylic acids is 1. The first-order chi connectivity index (χ1) is 7.49. The predicted molar refractivity (Wildman–Crippen MR) is 60.6 cm³/mol. The van der Waals surface area contributed by atoms with E-state index in [2.05, 4.69) is 36.8 Å². The number of hydrogen-bond acceptors (Lipinski definition) is 3. The second-order valence-corrected chi connectivity index (χ2v) is 4.30. The minimum absolute atomic E-state index is 0.0295. The van der Waals surface area contributed by atoms with Crippen molar-refractivity contribution in [3.63, 3.8) is 0 Å². The summed E-state index contributed by atoms with van der Waals surface area (Å²) >= 11 is 6.00. The smallest absolute Gasteiger partial charge is 0.358 e. The molecule has 0 bridgehead atoms. The van der Waals surface area contributed by atoms with Crippen LogP contribution >= 0.6 is 31.9 Å². The molecule has 7 heteroatoms. The molecule has 1 rings (SSSR count). The Bertz CT molecular complexity index is 413. The second kappa shape index (κ2) is 5.67. The quantitative estimate of drug-likeness (QED) is 0.773. The molecule has 0 radical (unpaired) electrons. The molecular weight excluding hydrogens is 352 g/mol. The van der Waals surface area contributed by atoms with E-state index in [0.717, 1.165) is 6.20 Å². The molecule has 88 valence electrons. The Morgan fingerprint density at radius 2 is 2.12 bits per heavy atom. The van der Waals surface area contributed by atoms with Crippen LogP contribution in [-0.4, -0.2) is 17.6 Å². The van der Waals surface area contributed by atoms with Gasteiger partial charge in [0, 0.05) is 10.7 Å². The summed E-state index contributed by atoms with van der Waals surface area (Å²) < 4.78 is 30.0. The normalized spacial score (nSPS) is 10.6. The number of esters is 1. The lowest BCUT2D eigenvalue weighted by molar-refractivity contribution is 0.0517. The Labute approximate surface area is 107 Å². The zero-order chi connectivity index (χ0) is 12.3. The lowest BCUT2D eigenvalue weighted by Crippen LogP contribution is -2.09. The number of hydrogen-bond donors (Lipinski definition) is 0. The molecule has 0 spiro atoms. The highest BCUT2D eigenvalue weighted by Gasteiger charge is 2.21. The standard InChI is InChI=1S/C9H7Br2F2NO2/c1-2-16-9(15)7-6(11)5(10)4(3-14-7)8(12)13/h3,8H,2H2,1H3. The first-order valence-corrected chi connectivity index (χ1v) is 5.86. The van der Waals surface area contributed by atoms with Crippen molar-refractivity contribution in [1.82, 2.24) is 4.98 Å². The molecule has 0 aromatic carbocycles. The van der Waals surface area contributed by atoms with Crippen molar-refractivity contribution in [3.05, 3.63) is 26.4 Å². The summed E-state index contributed by atoms with van der Waals surface area (Å²) in [6.07, 6.45) is -1.71. The third kappa shape index (κ3) is 2.76. The van der Waals surface area contributed by atoms with E-state index >= 15 is 0 Å². The van der Waals surface area contributed by atoms with E-state index in [1.54, 1.807) is 6.92 Å². The van der Waals surface area contributed by atoms with E-state index in [4.69, 9.17) is 4.74 Å². The second-order valence-electron chi connectivity index (χ2n) is 2.71. The summed E-state index contributed by atoms with van der Waals surface area (Å²) in [6.45, 7) is 1.84. The largest absolute Gasteiger partial charge is 0.461 e. The molecule has 0 saturated carbocycles. The van der Waals surface area contributed by atoms with Gasteiger partial charge in [0.1, 0.15) is 0 Å². The van der Waals surface area contributed by atoms with Crippen molar-refractivity contribution in [3.8, 4) is 0 Å². The van der Waals surface area contributed by atoms with Gasteiger partial charge in [-0.1, -0.05) is 0 Å². The van der Waals surface area contributed by atoms with Gasteiger partial charge in [0.25, 0.3) is 6.43 Å². The van der Waals surface area contributed by atoms with Gasteiger partial charge in [0.05, 0.1) is 16.6 Å². The lowest BCUT2D eigenvalue weighted by Gasteiger charge is -2.08. The van der Waals surface area contributed by atoms with E-state index in [1.165, 1.54) is 0 Å². The molecule has 0 aliphatic heterocycles. The molecule has 0 N–H and O–H groups in total. The summed E-state index contributed by atoms with van der Waals surface area (Å²) in [4.78, 5) is 15.0. The molecule has 0 atom stereocenters. The number of halogens is 4. The number of alkyl halides is 2. The van der Waals surface area contributed by atoms with Gasteiger partial charge < -0.3 is 4.74 Å². The van der Waals surface area contributed by atoms with Crippen LogP contribution in [0.1, 0.15) is 29.4 Å². The third-order valence-corrected chi connectivity index (χ3v) is 3.85. The minimum Gasteiger partial charge on any atom is -0.461 e. The van der Waals surface area contributed by atoms with Crippen LogP contribution in [0.5, 0.6) is 0 Å². The molecule has 3 nitrogen and oxygen atoms in total. The monoisotopic (exact) mass is 357 g/mol. The van der Waals surface area contributed by atoms with Crippen molar-refractivity contribution < 1.29 is 18.3 Å². The third-order valence-electron chi connectivity index (χ3n) is 1.69. The summed E-state index contributed by atoms with van der Waals surface area (Å²) in [5.41, 5.74) is -0.307. The van der Waals surface area contributed by atoms with Gasteiger partial charge in [-0.2, -0.15) is 0 Å². The summed E-state index contributed by atoms with van der Waals surface area (Å²) in [5, 5.41) is 0. The van der Waals surface area contributed by atoms with Gasteiger partial charge >= 0.3 is 5.97 Å². The molecule has 1 heterocycles. The average Bonchev–Trinajstić information content (AvgIpc) is 2.21. The van der Waals surface area contributed by atoms with Gasteiger partial charge in [-0.3, -0.25) is 0 Å². The van der Waals surface area contributed by atoms with Crippen molar-refractivity contribution >= 4 is 37.8 Å². The summed E-state index contributed by atoms with van der Waals surface area (Å²) in [5.74, 6) is -0.657. The van der Waals surface area contributed by atoms with E-state index in [-0.39, 0.29) is 26.8 Å². The number of carbonyl (C=O) groups is 1. The number of rotatable bonds is 3. The fraction of sp³-hybridized carbons (Fsp3) is 0.333. The highest BCUT2D eigenvalue weighted by Crippen LogP contribution is 2.34. The van der Waals surface area contributed by atoms with Crippen molar-refractivity contribution in [2.24, 2.45) is 0 Å². The van der Waals surface area contributed by atoms with Crippen molar-refractivity contribution in [2.75, 3.05) is 6.61 Å². The molecule has 16 heavy (non-hydrogen) atoms. The molecule has 1 aromatic heterocycles. The first kappa shape index (κ1) is 13.5. The lowest BCUT2D eigenvalue weighted by atomic mass is 10.2. The Morgan fingerprint density at radius 1 is 1.50 bits per heavy atom. The Kier molecular flexibility index (Phi) is 4.79. The first-order valence-electron chi connectivity index (χ1n) is 4.28. The Hall–Kier alpha value is -0.560. The van der Waals surface area contributed by atoms with E-state index in [9.17, 15) is 13.6 Å². The van der Waals surface area contributed by atoms with Crippen LogP contribution in [0.15, 0.2) is 15.1 Å². The molecule has 0 saturated heterocycles. The average molecular weight is 359 g/mol. The molecule has 0 unspecified atom stereocenters. The van der Waals surface area contributed by atoms with E-state index in [1.807, 2.05) is 0 Å². The molecule has 1 aromatic rings. The summed E-state index contributed by atoms with van der Waals surface area (Å²) in [6, 6.07) is 0. The van der Waals surface area contributed by atoms with E-state index < -0.39 is 12.4 Å². The molecule has 0 aliphatic carbocycles. The van der Waals surface area contributed by atoms with Crippen LogP contribution in [0.2, 0.25) is 0 Å². The molecule has 0 fully saturated rings. The predicted octanol–water partition coefficient (Wildman–Crippen LogP) is 3.72. The topological polar surface area (TPSA) is 39.2 Å². The number of pyridine rings is 1. The van der Waals surface area contributed by atoms with Crippen LogP contribution < -0.4 is 0 Å². The number of ether oxygens (including phenoxy) is 1. The van der Waals surface area contributed by atoms with Gasteiger partial charge in [-0.15, -0.1) is 0 Å². The van der Waals surface area contributed by atoms with Gasteiger partial charge in [-0.05, 0) is 38.8 Å². The van der Waals surface area contributed by atoms with Crippen LogP contribution in [0.4, 0.5) is 8.78 Å². The fourth-order valence-corrected chi connectivity index (χ4v) is 1.93. The fourth-order valence-electron chi connectivity index (χ4n) is 0.972. The maximum Gasteiger partial charge on any atom is 0.358 e. The van der Waals surface area contributed by atoms with Gasteiger partial charge in [0.2, 0.25) is 0 Å². The zero-order valence-corrected chi connectivity index (χ0v) is 11.3. The molecule has 0 aliphatic rings.